The summed E-state index contributed by atoms with van der Waals surface area (Å²) in [4.78, 5) is 20.5. The fourth-order valence-electron chi connectivity index (χ4n) is 1.96. The van der Waals surface area contributed by atoms with Crippen LogP contribution in [-0.4, -0.2) is 15.0 Å². The van der Waals surface area contributed by atoms with Gasteiger partial charge in [-0.2, -0.15) is 4.39 Å². The zero-order valence-corrected chi connectivity index (χ0v) is 9.62. The highest BCUT2D eigenvalue weighted by atomic mass is 19.1. The Morgan fingerprint density at radius 2 is 2.00 bits per heavy atom. The molecule has 0 saturated heterocycles. The minimum Gasteiger partial charge on any atom is -0.322 e. The highest BCUT2D eigenvalue weighted by Crippen LogP contribution is 2.23. The summed E-state index contributed by atoms with van der Waals surface area (Å²) < 4.78 is 13.6. The predicted molar refractivity (Wildman–Crippen MR) is 66.8 cm³/mol. The van der Waals surface area contributed by atoms with Crippen LogP contribution in [0.2, 0.25) is 0 Å². The molecule has 1 aromatic carbocycles. The van der Waals surface area contributed by atoms with Gasteiger partial charge in [0.05, 0.1) is 0 Å². The molecule has 2 N–H and O–H groups in total. The Balaban J connectivity index is 2.22. The van der Waals surface area contributed by atoms with E-state index in [1.165, 1.54) is 6.07 Å². The lowest BCUT2D eigenvalue weighted by molar-refractivity contribution is 0.592. The van der Waals surface area contributed by atoms with E-state index < -0.39 is 5.95 Å². The van der Waals surface area contributed by atoms with Crippen molar-refractivity contribution >= 4 is 10.9 Å². The van der Waals surface area contributed by atoms with E-state index in [1.54, 1.807) is 31.2 Å². The molecule has 0 spiro atoms. The standard InChI is InChI=1S/C13H10FN3O/c1-7-15-12(13(14)16-7)9-2-4-10-8(6-9)3-5-11(18)17-10/h2-6H,1H3,(H,15,16)(H,17,18). The molecule has 0 aliphatic carbocycles. The van der Waals surface area contributed by atoms with Gasteiger partial charge >= 0.3 is 0 Å². The topological polar surface area (TPSA) is 61.5 Å². The van der Waals surface area contributed by atoms with Gasteiger partial charge in [-0.3, -0.25) is 4.79 Å². The summed E-state index contributed by atoms with van der Waals surface area (Å²) in [6, 6.07) is 8.42. The van der Waals surface area contributed by atoms with E-state index in [1.807, 2.05) is 0 Å². The quantitative estimate of drug-likeness (QED) is 0.689. The number of imidazole rings is 1. The van der Waals surface area contributed by atoms with E-state index in [4.69, 9.17) is 0 Å². The van der Waals surface area contributed by atoms with Crippen molar-refractivity contribution in [2.24, 2.45) is 0 Å². The summed E-state index contributed by atoms with van der Waals surface area (Å²) in [5.41, 5.74) is 1.54. The Labute approximate surface area is 102 Å². The number of halogens is 1. The number of pyridine rings is 1. The van der Waals surface area contributed by atoms with Crippen LogP contribution in [0.1, 0.15) is 5.82 Å². The number of hydrogen-bond donors (Lipinski definition) is 2. The zero-order chi connectivity index (χ0) is 12.7. The number of nitrogens with one attached hydrogen (secondary N) is 2. The van der Waals surface area contributed by atoms with Crippen molar-refractivity contribution < 1.29 is 4.39 Å². The minimum absolute atomic E-state index is 0.156. The van der Waals surface area contributed by atoms with Gasteiger partial charge in [0.1, 0.15) is 11.5 Å². The van der Waals surface area contributed by atoms with Gasteiger partial charge < -0.3 is 9.97 Å². The number of aromatic amines is 2. The average Bonchev–Trinajstić information content (AvgIpc) is 2.68. The molecule has 0 saturated carbocycles. The maximum absolute atomic E-state index is 13.6. The lowest BCUT2D eigenvalue weighted by atomic mass is 10.1. The summed E-state index contributed by atoms with van der Waals surface area (Å²) in [7, 11) is 0. The number of benzene rings is 1. The molecular weight excluding hydrogens is 233 g/mol. The molecule has 0 fully saturated rings. The highest BCUT2D eigenvalue weighted by Gasteiger charge is 2.10. The second-order valence-corrected chi connectivity index (χ2v) is 4.11. The van der Waals surface area contributed by atoms with Crippen LogP contribution >= 0.6 is 0 Å². The predicted octanol–water partition coefficient (Wildman–Crippen LogP) is 2.37. The van der Waals surface area contributed by atoms with Gasteiger partial charge in [0.2, 0.25) is 11.5 Å². The van der Waals surface area contributed by atoms with E-state index >= 15 is 0 Å². The number of H-pyrrole nitrogens is 2. The van der Waals surface area contributed by atoms with Crippen LogP contribution in [0.15, 0.2) is 35.1 Å². The first kappa shape index (κ1) is 10.7. The number of aryl methyl sites for hydroxylation is 1. The van der Waals surface area contributed by atoms with Crippen LogP contribution < -0.4 is 5.56 Å². The van der Waals surface area contributed by atoms with Gasteiger partial charge in [-0.1, -0.05) is 6.07 Å². The molecule has 2 heterocycles. The molecule has 18 heavy (non-hydrogen) atoms. The smallest absolute Gasteiger partial charge is 0.248 e. The van der Waals surface area contributed by atoms with Crippen molar-refractivity contribution in [3.05, 3.63) is 52.5 Å². The summed E-state index contributed by atoms with van der Waals surface area (Å²) in [6.07, 6.45) is 0. The first-order chi connectivity index (χ1) is 8.63. The van der Waals surface area contributed by atoms with Crippen LogP contribution in [0.25, 0.3) is 22.2 Å². The Hall–Kier alpha value is -2.43. The number of rotatable bonds is 1. The third-order valence-corrected chi connectivity index (χ3v) is 2.78. The molecule has 0 amide bonds. The molecule has 3 aromatic rings. The summed E-state index contributed by atoms with van der Waals surface area (Å²) in [5, 5.41) is 0.840. The van der Waals surface area contributed by atoms with E-state index in [-0.39, 0.29) is 5.56 Å². The second-order valence-electron chi connectivity index (χ2n) is 4.11. The molecule has 4 nitrogen and oxygen atoms in total. The first-order valence-electron chi connectivity index (χ1n) is 5.49. The van der Waals surface area contributed by atoms with E-state index in [9.17, 15) is 9.18 Å². The Bertz CT molecular complexity index is 788. The zero-order valence-electron chi connectivity index (χ0n) is 9.62. The third-order valence-electron chi connectivity index (χ3n) is 2.78. The Kier molecular flexibility index (Phi) is 2.26. The van der Waals surface area contributed by atoms with Crippen LogP contribution in [0.3, 0.4) is 0 Å². The lowest BCUT2D eigenvalue weighted by Gasteiger charge is -2.00. The number of hydrogen-bond acceptors (Lipinski definition) is 2. The van der Waals surface area contributed by atoms with Gasteiger partial charge in [0, 0.05) is 17.1 Å². The molecular formula is C13H10FN3O. The fourth-order valence-corrected chi connectivity index (χ4v) is 1.96. The van der Waals surface area contributed by atoms with Gasteiger partial charge in [-0.25, -0.2) is 4.98 Å². The number of nitrogens with zero attached hydrogens (tertiary/aromatic N) is 1. The minimum atomic E-state index is -0.448. The van der Waals surface area contributed by atoms with E-state index in [2.05, 4.69) is 15.0 Å². The lowest BCUT2D eigenvalue weighted by Crippen LogP contribution is -2.02. The molecule has 2 aromatic heterocycles. The van der Waals surface area contributed by atoms with Gasteiger partial charge in [0.25, 0.3) is 0 Å². The van der Waals surface area contributed by atoms with Crippen LogP contribution in [0.4, 0.5) is 4.39 Å². The van der Waals surface area contributed by atoms with Gasteiger partial charge in [-0.15, -0.1) is 0 Å². The summed E-state index contributed by atoms with van der Waals surface area (Å²) >= 11 is 0. The summed E-state index contributed by atoms with van der Waals surface area (Å²) in [5.74, 6) is 0.0836. The van der Waals surface area contributed by atoms with Crippen molar-refractivity contribution in [1.82, 2.24) is 15.0 Å². The maximum Gasteiger partial charge on any atom is 0.248 e. The van der Waals surface area contributed by atoms with Crippen molar-refractivity contribution in [2.45, 2.75) is 6.92 Å². The Morgan fingerprint density at radius 1 is 1.17 bits per heavy atom. The molecule has 5 heteroatoms. The second kappa shape index (κ2) is 3.80. The molecule has 0 unspecified atom stereocenters. The van der Waals surface area contributed by atoms with Crippen LogP contribution in [0, 0.1) is 12.9 Å². The van der Waals surface area contributed by atoms with Crippen LogP contribution in [-0.2, 0) is 0 Å². The van der Waals surface area contributed by atoms with Gasteiger partial charge in [-0.05, 0) is 30.5 Å². The molecule has 0 aliphatic heterocycles. The van der Waals surface area contributed by atoms with Crippen molar-refractivity contribution in [3.63, 3.8) is 0 Å². The maximum atomic E-state index is 13.6. The van der Waals surface area contributed by atoms with Crippen LogP contribution in [0.5, 0.6) is 0 Å². The Morgan fingerprint density at radius 3 is 2.72 bits per heavy atom. The van der Waals surface area contributed by atoms with Crippen molar-refractivity contribution in [1.29, 1.82) is 0 Å². The van der Waals surface area contributed by atoms with E-state index in [0.717, 1.165) is 10.9 Å². The van der Waals surface area contributed by atoms with Crippen molar-refractivity contribution in [2.75, 3.05) is 0 Å². The molecule has 3 rings (SSSR count). The molecule has 0 radical (unpaired) electrons. The third kappa shape index (κ3) is 1.69. The summed E-state index contributed by atoms with van der Waals surface area (Å²) in [6.45, 7) is 1.70. The van der Waals surface area contributed by atoms with Gasteiger partial charge in [0.15, 0.2) is 0 Å². The monoisotopic (exact) mass is 243 g/mol. The highest BCUT2D eigenvalue weighted by molar-refractivity contribution is 5.83. The number of aromatic nitrogens is 3. The fraction of sp³-hybridized carbons (Fsp3) is 0.0769. The van der Waals surface area contributed by atoms with E-state index in [0.29, 0.717) is 17.1 Å². The largest absolute Gasteiger partial charge is 0.322 e. The SMILES string of the molecule is Cc1nc(-c2ccc3[nH]c(=O)ccc3c2)c(F)[nH]1. The molecule has 0 bridgehead atoms. The molecule has 90 valence electrons. The normalized spacial score (nSPS) is 11.0. The average molecular weight is 243 g/mol. The molecule has 0 aliphatic rings. The number of fused-ring (bicyclic) bond motifs is 1. The van der Waals surface area contributed by atoms with Crippen molar-refractivity contribution in [3.8, 4) is 11.3 Å². The first-order valence-corrected chi connectivity index (χ1v) is 5.49. The molecule has 0 atom stereocenters.